The third-order valence-electron chi connectivity index (χ3n) is 6.10. The molecular formula is C28H30ClN5O2S2. The SMILES string of the molecule is COc1ccc(-c2csc(N(CCCN(C)C)C(=O)c3cc4c(C)nn(-c5ccccc5)c4s3)n2)cc1.Cl. The minimum absolute atomic E-state index is 0. The summed E-state index contributed by atoms with van der Waals surface area (Å²) in [6.07, 6.45) is 0.845. The molecule has 0 saturated carbocycles. The number of fused-ring (bicyclic) bond motifs is 1. The molecule has 5 aromatic rings. The summed E-state index contributed by atoms with van der Waals surface area (Å²) in [6.45, 7) is 3.46. The molecule has 0 fully saturated rings. The van der Waals surface area contributed by atoms with Gasteiger partial charge in [0.1, 0.15) is 10.6 Å². The van der Waals surface area contributed by atoms with E-state index in [4.69, 9.17) is 14.8 Å². The Hall–Kier alpha value is -3.24. The van der Waals surface area contributed by atoms with Crippen LogP contribution in [0.15, 0.2) is 66.0 Å². The number of benzene rings is 2. The lowest BCUT2D eigenvalue weighted by Crippen LogP contribution is -2.33. The minimum atomic E-state index is -0.0328. The zero-order chi connectivity index (χ0) is 25.9. The zero-order valence-electron chi connectivity index (χ0n) is 21.7. The molecule has 7 nitrogen and oxygen atoms in total. The molecule has 1 amide bonds. The summed E-state index contributed by atoms with van der Waals surface area (Å²) >= 11 is 2.97. The van der Waals surface area contributed by atoms with E-state index in [1.807, 2.05) is 96.6 Å². The van der Waals surface area contributed by atoms with Crippen LogP contribution in [0.2, 0.25) is 0 Å². The van der Waals surface area contributed by atoms with Crippen molar-refractivity contribution in [2.75, 3.05) is 39.2 Å². The number of hydrogen-bond acceptors (Lipinski definition) is 7. The molecule has 0 bridgehead atoms. The van der Waals surface area contributed by atoms with E-state index in [0.717, 1.165) is 51.6 Å². The number of carbonyl (C=O) groups excluding carboxylic acids is 1. The smallest absolute Gasteiger partial charge is 0.270 e. The van der Waals surface area contributed by atoms with Crippen LogP contribution in [0.1, 0.15) is 21.8 Å². The first kappa shape index (κ1) is 27.8. The van der Waals surface area contributed by atoms with Gasteiger partial charge < -0.3 is 9.64 Å². The van der Waals surface area contributed by atoms with Gasteiger partial charge in [0.25, 0.3) is 5.91 Å². The van der Waals surface area contributed by atoms with Crippen LogP contribution in [0.25, 0.3) is 27.2 Å². The molecule has 198 valence electrons. The van der Waals surface area contributed by atoms with Gasteiger partial charge in [-0.3, -0.25) is 9.69 Å². The molecule has 0 spiro atoms. The predicted molar refractivity (Wildman–Crippen MR) is 160 cm³/mol. The Kier molecular flexibility index (Phi) is 8.83. The molecule has 0 aliphatic heterocycles. The maximum absolute atomic E-state index is 13.9. The minimum Gasteiger partial charge on any atom is -0.497 e. The van der Waals surface area contributed by atoms with Crippen molar-refractivity contribution >= 4 is 56.3 Å². The number of methoxy groups -OCH3 is 1. The number of amides is 1. The van der Waals surface area contributed by atoms with Crippen LogP contribution in [0, 0.1) is 6.92 Å². The topological polar surface area (TPSA) is 63.5 Å². The average molecular weight is 568 g/mol. The second-order valence-electron chi connectivity index (χ2n) is 9.02. The quantitative estimate of drug-likeness (QED) is 0.202. The molecule has 0 radical (unpaired) electrons. The zero-order valence-corrected chi connectivity index (χ0v) is 24.2. The highest BCUT2D eigenvalue weighted by molar-refractivity contribution is 7.20. The lowest BCUT2D eigenvalue weighted by molar-refractivity contribution is 0.0990. The van der Waals surface area contributed by atoms with E-state index in [9.17, 15) is 4.79 Å². The molecule has 0 saturated heterocycles. The van der Waals surface area contributed by atoms with E-state index in [1.54, 1.807) is 7.11 Å². The number of ether oxygens (including phenoxy) is 1. The number of rotatable bonds is 9. The Morgan fingerprint density at radius 3 is 2.47 bits per heavy atom. The molecule has 2 aromatic carbocycles. The van der Waals surface area contributed by atoms with E-state index in [2.05, 4.69) is 4.90 Å². The first-order chi connectivity index (χ1) is 17.9. The van der Waals surface area contributed by atoms with E-state index in [1.165, 1.54) is 22.7 Å². The molecule has 3 heterocycles. The highest BCUT2D eigenvalue weighted by Crippen LogP contribution is 2.34. The van der Waals surface area contributed by atoms with Crippen LogP contribution >= 0.6 is 35.1 Å². The Balaban J connectivity index is 0.00000336. The van der Waals surface area contributed by atoms with Gasteiger partial charge in [-0.15, -0.1) is 35.1 Å². The van der Waals surface area contributed by atoms with Crippen molar-refractivity contribution in [2.45, 2.75) is 13.3 Å². The molecule has 0 N–H and O–H groups in total. The maximum atomic E-state index is 13.9. The first-order valence-corrected chi connectivity index (χ1v) is 13.8. The van der Waals surface area contributed by atoms with Crippen LogP contribution in [-0.2, 0) is 0 Å². The van der Waals surface area contributed by atoms with Crippen molar-refractivity contribution < 1.29 is 9.53 Å². The monoisotopic (exact) mass is 567 g/mol. The van der Waals surface area contributed by atoms with Gasteiger partial charge in [-0.2, -0.15) is 5.10 Å². The van der Waals surface area contributed by atoms with Crippen molar-refractivity contribution in [1.29, 1.82) is 0 Å². The summed E-state index contributed by atoms with van der Waals surface area (Å²) in [5, 5.41) is 8.43. The van der Waals surface area contributed by atoms with Crippen LogP contribution in [0.3, 0.4) is 0 Å². The molecule has 10 heteroatoms. The second kappa shape index (κ2) is 12.1. The maximum Gasteiger partial charge on any atom is 0.270 e. The van der Waals surface area contributed by atoms with E-state index in [0.29, 0.717) is 16.6 Å². The number of nitrogens with zero attached hydrogens (tertiary/aromatic N) is 5. The summed E-state index contributed by atoms with van der Waals surface area (Å²) in [5.41, 5.74) is 3.72. The first-order valence-electron chi connectivity index (χ1n) is 12.1. The third kappa shape index (κ3) is 5.76. The van der Waals surface area contributed by atoms with Gasteiger partial charge in [-0.1, -0.05) is 18.2 Å². The van der Waals surface area contributed by atoms with Crippen molar-refractivity contribution in [3.05, 3.63) is 76.6 Å². The van der Waals surface area contributed by atoms with Crippen LogP contribution < -0.4 is 9.64 Å². The summed E-state index contributed by atoms with van der Waals surface area (Å²) in [4.78, 5) is 24.4. The number of thiophene rings is 1. The molecule has 38 heavy (non-hydrogen) atoms. The molecule has 0 aliphatic rings. The Labute approximate surface area is 236 Å². The van der Waals surface area contributed by atoms with Crippen molar-refractivity contribution in [1.82, 2.24) is 19.7 Å². The van der Waals surface area contributed by atoms with Crippen LogP contribution in [0.5, 0.6) is 5.75 Å². The lowest BCUT2D eigenvalue weighted by atomic mass is 10.2. The summed E-state index contributed by atoms with van der Waals surface area (Å²) in [5.74, 6) is 0.767. The van der Waals surface area contributed by atoms with Gasteiger partial charge in [-0.05, 0) is 76.4 Å². The van der Waals surface area contributed by atoms with Gasteiger partial charge in [0.15, 0.2) is 5.13 Å². The van der Waals surface area contributed by atoms with Crippen molar-refractivity contribution in [3.8, 4) is 22.7 Å². The van der Waals surface area contributed by atoms with Gasteiger partial charge in [0.2, 0.25) is 0 Å². The fourth-order valence-corrected chi connectivity index (χ4v) is 6.13. The van der Waals surface area contributed by atoms with Gasteiger partial charge in [-0.25, -0.2) is 9.67 Å². The normalized spacial score (nSPS) is 11.1. The van der Waals surface area contributed by atoms with Gasteiger partial charge >= 0.3 is 0 Å². The number of carbonyl (C=O) groups is 1. The molecule has 0 unspecified atom stereocenters. The second-order valence-corrected chi connectivity index (χ2v) is 10.9. The number of aromatic nitrogens is 3. The van der Waals surface area contributed by atoms with Crippen molar-refractivity contribution in [2.24, 2.45) is 0 Å². The number of hydrogen-bond donors (Lipinski definition) is 0. The van der Waals surface area contributed by atoms with Crippen LogP contribution in [0.4, 0.5) is 5.13 Å². The number of anilines is 1. The summed E-state index contributed by atoms with van der Waals surface area (Å²) in [6, 6.07) is 19.8. The molecular weight excluding hydrogens is 538 g/mol. The highest BCUT2D eigenvalue weighted by atomic mass is 35.5. The number of aryl methyl sites for hydroxylation is 1. The van der Waals surface area contributed by atoms with Crippen LogP contribution in [-0.4, -0.2) is 59.9 Å². The Bertz CT molecular complexity index is 1510. The molecule has 3 aromatic heterocycles. The predicted octanol–water partition coefficient (Wildman–Crippen LogP) is 6.55. The Morgan fingerprint density at radius 1 is 1.05 bits per heavy atom. The highest BCUT2D eigenvalue weighted by Gasteiger charge is 2.25. The standard InChI is InChI=1S/C28H29N5O2S2.ClH/c1-19-23-17-25(37-27(23)33(30-19)21-9-6-5-7-10-21)26(34)32(16-8-15-31(2)3)28-29-24(18-36-28)20-11-13-22(35-4)14-12-20;/h5-7,9-14,17-18H,8,15-16H2,1-4H3;1H. The molecule has 0 aliphatic carbocycles. The fourth-order valence-electron chi connectivity index (χ4n) is 4.14. The van der Waals surface area contributed by atoms with Crippen molar-refractivity contribution in [3.63, 3.8) is 0 Å². The molecule has 0 atom stereocenters. The summed E-state index contributed by atoms with van der Waals surface area (Å²) in [7, 11) is 5.74. The largest absolute Gasteiger partial charge is 0.497 e. The van der Waals surface area contributed by atoms with E-state index >= 15 is 0 Å². The number of halogens is 1. The summed E-state index contributed by atoms with van der Waals surface area (Å²) < 4.78 is 7.20. The third-order valence-corrected chi connectivity index (χ3v) is 8.06. The average Bonchev–Trinajstić information content (AvgIpc) is 3.64. The van der Waals surface area contributed by atoms with Gasteiger partial charge in [0.05, 0.1) is 29.1 Å². The van der Waals surface area contributed by atoms with E-state index < -0.39 is 0 Å². The van der Waals surface area contributed by atoms with Gasteiger partial charge in [0, 0.05) is 22.9 Å². The number of thiazole rings is 1. The molecule has 5 rings (SSSR count). The number of para-hydroxylation sites is 1. The van der Waals surface area contributed by atoms with E-state index in [-0.39, 0.29) is 18.3 Å². The fraction of sp³-hybridized carbons (Fsp3) is 0.250. The Morgan fingerprint density at radius 2 is 1.79 bits per heavy atom. The lowest BCUT2D eigenvalue weighted by Gasteiger charge is -2.20.